The number of nitriles is 1. The molecule has 0 spiro atoms. The molecule has 0 aliphatic rings. The second kappa shape index (κ2) is 8.03. The van der Waals surface area contributed by atoms with E-state index in [-0.39, 0.29) is 0 Å². The Bertz CT molecular complexity index is 355. The first-order valence-electron chi connectivity index (χ1n) is 6.01. The summed E-state index contributed by atoms with van der Waals surface area (Å²) in [7, 11) is 0. The summed E-state index contributed by atoms with van der Waals surface area (Å²) >= 11 is 1.33. The van der Waals surface area contributed by atoms with Gasteiger partial charge in [-0.1, -0.05) is 26.0 Å². The molecule has 1 aromatic rings. The highest BCUT2D eigenvalue weighted by Gasteiger charge is 2.05. The maximum Gasteiger partial charge on any atom is 0.133 e. The van der Waals surface area contributed by atoms with Crippen molar-refractivity contribution in [3.63, 3.8) is 0 Å². The Morgan fingerprint density at radius 1 is 1.35 bits per heavy atom. The first-order valence-corrected chi connectivity index (χ1v) is 7.00. The van der Waals surface area contributed by atoms with Crippen molar-refractivity contribution >= 4 is 11.8 Å². The predicted molar refractivity (Wildman–Crippen MR) is 73.3 cm³/mol. The normalized spacial score (nSPS) is 11.8. The maximum absolute atomic E-state index is 8.46. The van der Waals surface area contributed by atoms with Crippen molar-refractivity contribution in [2.75, 3.05) is 12.4 Å². The third kappa shape index (κ3) is 5.14. The number of rotatable bonds is 7. The molecule has 1 aromatic carbocycles. The van der Waals surface area contributed by atoms with E-state index in [9.17, 15) is 0 Å². The molecule has 1 unspecified atom stereocenters. The molecule has 0 saturated heterocycles. The topological polar surface area (TPSA) is 33.0 Å². The molecule has 0 amide bonds. The molecular formula is C14H19NOS. The Kier molecular flexibility index (Phi) is 6.57. The number of hydrogen-bond acceptors (Lipinski definition) is 3. The first-order chi connectivity index (χ1) is 8.27. The summed E-state index contributed by atoms with van der Waals surface area (Å²) < 4.78 is 5.54. The molecule has 0 N–H and O–H groups in total. The van der Waals surface area contributed by atoms with E-state index in [2.05, 4.69) is 31.4 Å². The summed E-state index contributed by atoms with van der Waals surface area (Å²) in [6.45, 7) is 5.07. The van der Waals surface area contributed by atoms with Crippen molar-refractivity contribution in [3.05, 3.63) is 29.8 Å². The molecule has 0 aliphatic heterocycles. The number of thioether (sulfide) groups is 1. The molecule has 2 nitrogen and oxygen atoms in total. The van der Waals surface area contributed by atoms with Crippen molar-refractivity contribution in [2.45, 2.75) is 32.6 Å². The van der Waals surface area contributed by atoms with E-state index < -0.39 is 0 Å². The number of benzene rings is 1. The summed E-state index contributed by atoms with van der Waals surface area (Å²) in [6, 6.07) is 8.29. The smallest absolute Gasteiger partial charge is 0.133 e. The Labute approximate surface area is 108 Å². The van der Waals surface area contributed by atoms with Gasteiger partial charge >= 0.3 is 0 Å². The van der Waals surface area contributed by atoms with Gasteiger partial charge in [-0.05, 0) is 48.2 Å². The molecule has 0 fully saturated rings. The second-order valence-corrected chi connectivity index (χ2v) is 4.93. The van der Waals surface area contributed by atoms with Crippen molar-refractivity contribution in [3.8, 4) is 11.2 Å². The van der Waals surface area contributed by atoms with Crippen molar-refractivity contribution in [1.82, 2.24) is 0 Å². The van der Waals surface area contributed by atoms with Crippen molar-refractivity contribution in [1.29, 1.82) is 5.26 Å². The van der Waals surface area contributed by atoms with E-state index in [1.54, 1.807) is 0 Å². The van der Waals surface area contributed by atoms with Gasteiger partial charge in [0.1, 0.15) is 11.2 Å². The molecule has 0 aliphatic carbocycles. The highest BCUT2D eigenvalue weighted by Crippen LogP contribution is 2.23. The minimum absolute atomic E-state index is 0.496. The largest absolute Gasteiger partial charge is 0.494 e. The lowest BCUT2D eigenvalue weighted by Crippen LogP contribution is -1.97. The van der Waals surface area contributed by atoms with Gasteiger partial charge in [-0.25, -0.2) is 0 Å². The van der Waals surface area contributed by atoms with Crippen LogP contribution in [0.2, 0.25) is 0 Å². The van der Waals surface area contributed by atoms with Crippen LogP contribution in [-0.4, -0.2) is 12.4 Å². The quantitative estimate of drug-likeness (QED) is 0.537. The van der Waals surface area contributed by atoms with Crippen LogP contribution in [0.5, 0.6) is 5.75 Å². The molecule has 0 saturated carbocycles. The van der Waals surface area contributed by atoms with Gasteiger partial charge in [0.25, 0.3) is 0 Å². The first kappa shape index (κ1) is 13.9. The van der Waals surface area contributed by atoms with Gasteiger partial charge < -0.3 is 4.74 Å². The van der Waals surface area contributed by atoms with Crippen LogP contribution in [0.15, 0.2) is 24.3 Å². The summed E-state index contributed by atoms with van der Waals surface area (Å²) in [4.78, 5) is 0. The third-order valence-electron chi connectivity index (χ3n) is 2.64. The van der Waals surface area contributed by atoms with E-state index in [0.717, 1.165) is 31.0 Å². The number of thiocyanates is 1. The van der Waals surface area contributed by atoms with E-state index in [0.29, 0.717) is 5.92 Å². The van der Waals surface area contributed by atoms with Crippen LogP contribution in [0, 0.1) is 10.7 Å². The van der Waals surface area contributed by atoms with Gasteiger partial charge in [-0.2, -0.15) is 5.26 Å². The molecule has 3 heteroatoms. The van der Waals surface area contributed by atoms with Gasteiger partial charge in [0.2, 0.25) is 0 Å². The fraction of sp³-hybridized carbons (Fsp3) is 0.500. The molecule has 1 atom stereocenters. The molecular weight excluding hydrogens is 230 g/mol. The van der Waals surface area contributed by atoms with Crippen LogP contribution in [0.3, 0.4) is 0 Å². The van der Waals surface area contributed by atoms with Crippen LogP contribution in [0.1, 0.15) is 38.2 Å². The van der Waals surface area contributed by atoms with Gasteiger partial charge in [0.15, 0.2) is 0 Å². The van der Waals surface area contributed by atoms with Gasteiger partial charge in [0, 0.05) is 5.75 Å². The average Bonchev–Trinajstić information content (AvgIpc) is 2.37. The maximum atomic E-state index is 8.46. The average molecular weight is 249 g/mol. The Balaban J connectivity index is 2.46. The van der Waals surface area contributed by atoms with E-state index in [1.807, 2.05) is 12.1 Å². The number of ether oxygens (including phenoxy) is 1. The van der Waals surface area contributed by atoms with Crippen molar-refractivity contribution in [2.24, 2.45) is 0 Å². The Morgan fingerprint density at radius 3 is 2.65 bits per heavy atom. The Morgan fingerprint density at radius 2 is 2.06 bits per heavy atom. The molecule has 0 heterocycles. The third-order valence-corrected chi connectivity index (χ3v) is 3.21. The van der Waals surface area contributed by atoms with Gasteiger partial charge in [-0.3, -0.25) is 0 Å². The number of nitrogens with zero attached hydrogens (tertiary/aromatic N) is 1. The SMILES string of the molecule is CCCOc1ccc(C(C)CCSC#N)cc1. The fourth-order valence-electron chi connectivity index (χ4n) is 1.56. The van der Waals surface area contributed by atoms with Crippen LogP contribution in [0.25, 0.3) is 0 Å². The highest BCUT2D eigenvalue weighted by atomic mass is 32.2. The molecule has 0 bridgehead atoms. The zero-order chi connectivity index (χ0) is 12.5. The fourth-order valence-corrected chi connectivity index (χ4v) is 2.12. The van der Waals surface area contributed by atoms with Crippen LogP contribution >= 0.6 is 11.8 Å². The lowest BCUT2D eigenvalue weighted by atomic mass is 9.99. The van der Waals surface area contributed by atoms with E-state index in [4.69, 9.17) is 10.00 Å². The molecule has 17 heavy (non-hydrogen) atoms. The number of hydrogen-bond donors (Lipinski definition) is 0. The highest BCUT2D eigenvalue weighted by molar-refractivity contribution is 8.03. The standard InChI is InChI=1S/C14H19NOS/c1-3-9-16-14-6-4-13(5-7-14)12(2)8-10-17-11-15/h4-7,12H,3,8-10H2,1-2H3. The molecule has 0 aromatic heterocycles. The zero-order valence-corrected chi connectivity index (χ0v) is 11.3. The lowest BCUT2D eigenvalue weighted by molar-refractivity contribution is 0.317. The van der Waals surface area contributed by atoms with E-state index >= 15 is 0 Å². The van der Waals surface area contributed by atoms with Crippen molar-refractivity contribution < 1.29 is 4.74 Å². The predicted octanol–water partition coefficient (Wildman–Crippen LogP) is 4.18. The summed E-state index contributed by atoms with van der Waals surface area (Å²) in [6.07, 6.45) is 2.07. The molecule has 1 rings (SSSR count). The van der Waals surface area contributed by atoms with Crippen LogP contribution in [0.4, 0.5) is 0 Å². The second-order valence-electron chi connectivity index (χ2n) is 4.05. The van der Waals surface area contributed by atoms with Crippen LogP contribution < -0.4 is 4.74 Å². The van der Waals surface area contributed by atoms with Gasteiger partial charge in [-0.15, -0.1) is 0 Å². The van der Waals surface area contributed by atoms with E-state index in [1.165, 1.54) is 17.3 Å². The summed E-state index contributed by atoms with van der Waals surface area (Å²) in [5, 5.41) is 10.6. The summed E-state index contributed by atoms with van der Waals surface area (Å²) in [5.41, 5.74) is 1.31. The molecule has 92 valence electrons. The van der Waals surface area contributed by atoms with Crippen LogP contribution in [-0.2, 0) is 0 Å². The zero-order valence-electron chi connectivity index (χ0n) is 10.5. The lowest BCUT2D eigenvalue weighted by Gasteiger charge is -2.11. The summed E-state index contributed by atoms with van der Waals surface area (Å²) in [5.74, 6) is 2.33. The minimum Gasteiger partial charge on any atom is -0.494 e. The minimum atomic E-state index is 0.496. The monoisotopic (exact) mass is 249 g/mol. The van der Waals surface area contributed by atoms with Gasteiger partial charge in [0.05, 0.1) is 6.61 Å². The Hall–Kier alpha value is -1.14. The molecule has 0 radical (unpaired) electrons.